The molecule has 2 amide bonds. The molecule has 1 saturated carbocycles. The van der Waals surface area contributed by atoms with E-state index in [4.69, 9.17) is 27.9 Å². The molecule has 0 bridgehead atoms. The van der Waals surface area contributed by atoms with E-state index in [0.29, 0.717) is 34.4 Å². The molecule has 0 heterocycles. The lowest BCUT2D eigenvalue weighted by Gasteiger charge is -2.34. The largest absolute Gasteiger partial charge is 0.494 e. The molecule has 0 radical (unpaired) electrons. The summed E-state index contributed by atoms with van der Waals surface area (Å²) in [6.07, 6.45) is 5.28. The van der Waals surface area contributed by atoms with Gasteiger partial charge in [0.2, 0.25) is 11.8 Å². The number of hydrogen-bond acceptors (Lipinski definition) is 5. The fourth-order valence-corrected chi connectivity index (χ4v) is 7.39. The highest BCUT2D eigenvalue weighted by molar-refractivity contribution is 7.92. The molecule has 3 aromatic rings. The van der Waals surface area contributed by atoms with Crippen molar-refractivity contribution in [1.29, 1.82) is 0 Å². The average Bonchev–Trinajstić information content (AvgIpc) is 3.02. The molecule has 0 aliphatic heterocycles. The lowest BCUT2D eigenvalue weighted by Crippen LogP contribution is -2.54. The van der Waals surface area contributed by atoms with Gasteiger partial charge < -0.3 is 15.0 Å². The third-order valence-corrected chi connectivity index (χ3v) is 10.3. The molecule has 236 valence electrons. The second kappa shape index (κ2) is 15.6. The zero-order valence-corrected chi connectivity index (χ0v) is 27.4. The first kappa shape index (κ1) is 33.6. The molecule has 1 N–H and O–H groups in total. The van der Waals surface area contributed by atoms with E-state index in [0.717, 1.165) is 36.4 Å². The van der Waals surface area contributed by atoms with Crippen molar-refractivity contribution in [2.45, 2.75) is 75.9 Å². The Labute approximate surface area is 270 Å². The molecule has 1 aliphatic carbocycles. The minimum atomic E-state index is -4.18. The van der Waals surface area contributed by atoms with Crippen molar-refractivity contribution in [2.75, 3.05) is 17.5 Å². The third-order valence-electron chi connectivity index (χ3n) is 7.77. The highest BCUT2D eigenvalue weighted by Crippen LogP contribution is 2.30. The lowest BCUT2D eigenvalue weighted by atomic mass is 9.95. The van der Waals surface area contributed by atoms with Crippen LogP contribution in [-0.2, 0) is 26.2 Å². The Bertz CT molecular complexity index is 1490. The van der Waals surface area contributed by atoms with Gasteiger partial charge in [0.25, 0.3) is 10.0 Å². The normalized spacial score (nSPS) is 14.5. The Morgan fingerprint density at radius 2 is 1.55 bits per heavy atom. The van der Waals surface area contributed by atoms with Gasteiger partial charge in [-0.05, 0) is 74.7 Å². The summed E-state index contributed by atoms with van der Waals surface area (Å²) in [6, 6.07) is 18.6. The van der Waals surface area contributed by atoms with Gasteiger partial charge in [0, 0.05) is 28.2 Å². The van der Waals surface area contributed by atoms with E-state index in [9.17, 15) is 18.0 Å². The summed E-state index contributed by atoms with van der Waals surface area (Å²) in [4.78, 5) is 29.5. The van der Waals surface area contributed by atoms with Crippen LogP contribution in [0.3, 0.4) is 0 Å². The van der Waals surface area contributed by atoms with Crippen molar-refractivity contribution in [3.63, 3.8) is 0 Å². The topological polar surface area (TPSA) is 96.0 Å². The van der Waals surface area contributed by atoms with Crippen LogP contribution >= 0.6 is 23.2 Å². The van der Waals surface area contributed by atoms with Crippen LogP contribution < -0.4 is 14.4 Å². The predicted molar refractivity (Wildman–Crippen MR) is 175 cm³/mol. The van der Waals surface area contributed by atoms with Gasteiger partial charge in [-0.2, -0.15) is 0 Å². The van der Waals surface area contributed by atoms with Crippen LogP contribution in [0.25, 0.3) is 0 Å². The van der Waals surface area contributed by atoms with Crippen LogP contribution in [0.4, 0.5) is 5.69 Å². The Hall–Kier alpha value is -3.27. The first-order chi connectivity index (χ1) is 21.1. The molecule has 3 aromatic carbocycles. The highest BCUT2D eigenvalue weighted by atomic mass is 35.5. The van der Waals surface area contributed by atoms with Gasteiger partial charge in [-0.3, -0.25) is 13.9 Å². The number of carbonyl (C=O) groups is 2. The molecule has 0 aromatic heterocycles. The molecule has 1 fully saturated rings. The molecule has 1 aliphatic rings. The van der Waals surface area contributed by atoms with E-state index < -0.39 is 28.5 Å². The van der Waals surface area contributed by atoms with Gasteiger partial charge in [0.1, 0.15) is 18.3 Å². The van der Waals surface area contributed by atoms with Crippen molar-refractivity contribution >= 4 is 50.7 Å². The van der Waals surface area contributed by atoms with Crippen molar-refractivity contribution in [3.05, 3.63) is 88.4 Å². The number of sulfonamides is 1. The maximum Gasteiger partial charge on any atom is 0.264 e. The molecular weight excluding hydrogens is 621 g/mol. The Kier molecular flexibility index (Phi) is 11.9. The van der Waals surface area contributed by atoms with Gasteiger partial charge in [0.05, 0.1) is 17.2 Å². The van der Waals surface area contributed by atoms with Gasteiger partial charge >= 0.3 is 0 Å². The van der Waals surface area contributed by atoms with E-state index in [-0.39, 0.29) is 29.1 Å². The summed E-state index contributed by atoms with van der Waals surface area (Å²) < 4.78 is 34.6. The molecule has 44 heavy (non-hydrogen) atoms. The maximum absolute atomic E-state index is 14.3. The Morgan fingerprint density at radius 1 is 0.909 bits per heavy atom. The molecular formula is C33H39Cl2N3O5S. The summed E-state index contributed by atoms with van der Waals surface area (Å²) in [6.45, 7) is 3.50. The third kappa shape index (κ3) is 8.25. The molecule has 0 saturated heterocycles. The second-order valence-electron chi connectivity index (χ2n) is 10.7. The minimum Gasteiger partial charge on any atom is -0.494 e. The van der Waals surface area contributed by atoms with Crippen molar-refractivity contribution in [2.24, 2.45) is 0 Å². The number of amides is 2. The fourth-order valence-electron chi connectivity index (χ4n) is 5.44. The first-order valence-corrected chi connectivity index (χ1v) is 17.2. The zero-order valence-electron chi connectivity index (χ0n) is 25.0. The quantitative estimate of drug-likeness (QED) is 0.217. The zero-order chi connectivity index (χ0) is 31.7. The van der Waals surface area contributed by atoms with Gasteiger partial charge in [-0.25, -0.2) is 8.42 Å². The number of carbonyl (C=O) groups excluding carboxylic acids is 2. The molecule has 1 unspecified atom stereocenters. The summed E-state index contributed by atoms with van der Waals surface area (Å²) in [5, 5.41) is 3.83. The van der Waals surface area contributed by atoms with E-state index in [1.807, 2.05) is 13.8 Å². The van der Waals surface area contributed by atoms with Crippen LogP contribution in [0.2, 0.25) is 10.0 Å². The van der Waals surface area contributed by atoms with E-state index >= 15 is 0 Å². The smallest absolute Gasteiger partial charge is 0.264 e. The highest BCUT2D eigenvalue weighted by Gasteiger charge is 2.35. The van der Waals surface area contributed by atoms with Crippen LogP contribution in [0, 0.1) is 0 Å². The van der Waals surface area contributed by atoms with Crippen LogP contribution in [0.1, 0.15) is 57.9 Å². The standard InChI is InChI=1S/C33H39Cl2N3O5S/c1-3-31(33(40)36-24-12-7-5-8-13-24)37(22-28-29(34)16-11-17-30(28)35)32(39)23-38(25-18-20-26(21-19-25)43-4-2)44(41,42)27-14-9-6-10-15-27/h6,9-11,14-21,24,31H,3-5,7-8,12-13,22-23H2,1-2H3,(H,36,40). The Morgan fingerprint density at radius 3 is 2.14 bits per heavy atom. The number of halogens is 2. The summed E-state index contributed by atoms with van der Waals surface area (Å²) in [5.41, 5.74) is 0.757. The number of hydrogen-bond donors (Lipinski definition) is 1. The molecule has 11 heteroatoms. The number of nitrogens with zero attached hydrogens (tertiary/aromatic N) is 2. The van der Waals surface area contributed by atoms with Gasteiger partial charge in [-0.1, -0.05) is 73.7 Å². The predicted octanol–water partition coefficient (Wildman–Crippen LogP) is 6.84. The number of anilines is 1. The average molecular weight is 661 g/mol. The fraction of sp³-hybridized carbons (Fsp3) is 0.394. The number of rotatable bonds is 13. The summed E-state index contributed by atoms with van der Waals surface area (Å²) >= 11 is 13.0. The van der Waals surface area contributed by atoms with Crippen LogP contribution in [0.15, 0.2) is 77.7 Å². The van der Waals surface area contributed by atoms with E-state index in [1.165, 1.54) is 17.0 Å². The molecule has 1 atom stereocenters. The number of ether oxygens (including phenoxy) is 1. The van der Waals surface area contributed by atoms with Crippen molar-refractivity contribution in [1.82, 2.24) is 10.2 Å². The van der Waals surface area contributed by atoms with Gasteiger partial charge in [0.15, 0.2) is 0 Å². The molecule has 8 nitrogen and oxygen atoms in total. The monoisotopic (exact) mass is 659 g/mol. The van der Waals surface area contributed by atoms with E-state index in [1.54, 1.807) is 60.7 Å². The lowest BCUT2D eigenvalue weighted by molar-refractivity contribution is -0.140. The van der Waals surface area contributed by atoms with E-state index in [2.05, 4.69) is 5.32 Å². The van der Waals surface area contributed by atoms with Crippen LogP contribution in [-0.4, -0.2) is 50.4 Å². The minimum absolute atomic E-state index is 0.0319. The second-order valence-corrected chi connectivity index (χ2v) is 13.4. The maximum atomic E-state index is 14.3. The Balaban J connectivity index is 1.73. The van der Waals surface area contributed by atoms with Crippen LogP contribution in [0.5, 0.6) is 5.75 Å². The number of benzene rings is 3. The first-order valence-electron chi connectivity index (χ1n) is 15.0. The SMILES string of the molecule is CCOc1ccc(N(CC(=O)N(Cc2c(Cl)cccc2Cl)C(CC)C(=O)NC2CCCCC2)S(=O)(=O)c2ccccc2)cc1. The summed E-state index contributed by atoms with van der Waals surface area (Å²) in [5.74, 6) is -0.283. The summed E-state index contributed by atoms with van der Waals surface area (Å²) in [7, 11) is -4.18. The van der Waals surface area contributed by atoms with Gasteiger partial charge in [-0.15, -0.1) is 0 Å². The molecule has 0 spiro atoms. The number of nitrogens with one attached hydrogen (secondary N) is 1. The van der Waals surface area contributed by atoms with Crippen molar-refractivity contribution < 1.29 is 22.7 Å². The van der Waals surface area contributed by atoms with Crippen molar-refractivity contribution in [3.8, 4) is 5.75 Å². The molecule has 4 rings (SSSR count).